The van der Waals surface area contributed by atoms with Crippen LogP contribution in [0.2, 0.25) is 0 Å². The van der Waals surface area contributed by atoms with Gasteiger partial charge in [-0.1, -0.05) is 27.9 Å². The Morgan fingerprint density at radius 2 is 1.86 bits per heavy atom. The molecule has 4 nitrogen and oxygen atoms in total. The van der Waals surface area contributed by atoms with E-state index in [1.807, 2.05) is 61.5 Å². The molecule has 0 aromatic heterocycles. The number of rotatable bonds is 2. The van der Waals surface area contributed by atoms with Gasteiger partial charge in [0.05, 0.1) is 32.4 Å². The van der Waals surface area contributed by atoms with Crippen molar-refractivity contribution in [3.05, 3.63) is 59.2 Å². The van der Waals surface area contributed by atoms with Crippen molar-refractivity contribution in [3.63, 3.8) is 0 Å². The van der Waals surface area contributed by atoms with E-state index in [0.29, 0.717) is 5.56 Å². The van der Waals surface area contributed by atoms with Crippen molar-refractivity contribution in [2.45, 2.75) is 0 Å². The van der Waals surface area contributed by atoms with Gasteiger partial charge in [-0.2, -0.15) is 0 Å². The van der Waals surface area contributed by atoms with Crippen molar-refractivity contribution in [2.24, 2.45) is 0 Å². The summed E-state index contributed by atoms with van der Waals surface area (Å²) < 4.78 is 6.33. The summed E-state index contributed by atoms with van der Waals surface area (Å²) in [7, 11) is 3.93. The van der Waals surface area contributed by atoms with Crippen molar-refractivity contribution in [3.8, 4) is 0 Å². The number of carbonyl (C=O) groups is 1. The number of hydrogen-bond donors (Lipinski definition) is 2. The van der Waals surface area contributed by atoms with Gasteiger partial charge >= 0.3 is 0 Å². The second-order valence-electron chi connectivity index (χ2n) is 5.20. The fourth-order valence-corrected chi connectivity index (χ4v) is 3.98. The molecule has 0 aliphatic carbocycles. The van der Waals surface area contributed by atoms with E-state index in [0.717, 1.165) is 28.1 Å². The highest BCUT2D eigenvalue weighted by molar-refractivity contribution is 14.2. The maximum Gasteiger partial charge on any atom is 0.260 e. The Balaban J connectivity index is 2.16. The summed E-state index contributed by atoms with van der Waals surface area (Å²) >= 11 is -0.636. The minimum absolute atomic E-state index is 0.0243. The predicted octanol–water partition coefficient (Wildman–Crippen LogP) is 2.80. The molecular formula is C17H16IN3O. The first kappa shape index (κ1) is 14.8. The van der Waals surface area contributed by atoms with Crippen LogP contribution in [0.5, 0.6) is 0 Å². The fourth-order valence-electron chi connectivity index (χ4n) is 2.44. The number of carbonyl (C=O) groups excluding carboxylic acids is 1. The first-order valence-corrected chi connectivity index (χ1v) is 8.96. The predicted molar refractivity (Wildman–Crippen MR) is 101 cm³/mol. The Morgan fingerprint density at radius 3 is 2.55 bits per heavy atom. The first-order valence-electron chi connectivity index (χ1n) is 6.80. The second-order valence-corrected chi connectivity index (χ2v) is 6.82. The molecule has 2 aromatic carbocycles. The molecule has 22 heavy (non-hydrogen) atoms. The lowest BCUT2D eigenvalue weighted by molar-refractivity contribution is 0.0989. The van der Waals surface area contributed by atoms with Crippen LogP contribution in [0, 0.1) is 0 Å². The molecule has 0 atom stereocenters. The quantitative estimate of drug-likeness (QED) is 0.459. The number of fused-ring (bicyclic) bond motifs is 1. The summed E-state index contributed by atoms with van der Waals surface area (Å²) in [6.07, 6.45) is 0. The van der Waals surface area contributed by atoms with E-state index in [1.54, 1.807) is 0 Å². The van der Waals surface area contributed by atoms with Gasteiger partial charge in [0.15, 0.2) is 0 Å². The number of benzene rings is 2. The average molecular weight is 405 g/mol. The van der Waals surface area contributed by atoms with Crippen LogP contribution in [0.25, 0.3) is 5.57 Å². The van der Waals surface area contributed by atoms with Crippen molar-refractivity contribution >= 4 is 47.5 Å². The van der Waals surface area contributed by atoms with Crippen LogP contribution >= 0.6 is 21.0 Å². The summed E-state index contributed by atoms with van der Waals surface area (Å²) in [6, 6.07) is 13.6. The lowest BCUT2D eigenvalue weighted by Crippen LogP contribution is -2.13. The van der Waals surface area contributed by atoms with Crippen LogP contribution in [0.3, 0.4) is 0 Å². The van der Waals surface area contributed by atoms with Crippen molar-refractivity contribution in [1.82, 2.24) is 3.53 Å². The number of amides is 1. The molecule has 0 fully saturated rings. The molecule has 0 unspecified atom stereocenters. The number of nitrogens with zero attached hydrogens (tertiary/aromatic N) is 1. The number of halogens is 1. The zero-order chi connectivity index (χ0) is 15.7. The van der Waals surface area contributed by atoms with E-state index in [1.165, 1.54) is 0 Å². The van der Waals surface area contributed by atoms with E-state index in [9.17, 15) is 4.79 Å². The molecule has 1 amide bonds. The van der Waals surface area contributed by atoms with E-state index in [2.05, 4.69) is 7.20 Å². The molecule has 1 aliphatic rings. The fraction of sp³-hybridized carbons (Fsp3) is 0.118. The van der Waals surface area contributed by atoms with Crippen LogP contribution in [-0.4, -0.2) is 23.7 Å². The SMILES string of the molecule is CN(C)c1ccc(C2=C=INC(=O)c3ccccc32)cc1N. The topological polar surface area (TPSA) is 58.4 Å². The van der Waals surface area contributed by atoms with Crippen LogP contribution in [-0.2, 0) is 0 Å². The van der Waals surface area contributed by atoms with E-state index in [-0.39, 0.29) is 5.91 Å². The van der Waals surface area contributed by atoms with Gasteiger partial charge in [0, 0.05) is 30.8 Å². The second kappa shape index (κ2) is 5.94. The molecular weight excluding hydrogens is 389 g/mol. The summed E-state index contributed by atoms with van der Waals surface area (Å²) in [4.78, 5) is 14.1. The third-order valence-electron chi connectivity index (χ3n) is 3.51. The highest BCUT2D eigenvalue weighted by Crippen LogP contribution is 2.31. The minimum Gasteiger partial charge on any atom is -0.397 e. The molecule has 0 bridgehead atoms. The van der Waals surface area contributed by atoms with E-state index in [4.69, 9.17) is 5.73 Å². The molecule has 3 rings (SSSR count). The zero-order valence-electron chi connectivity index (χ0n) is 12.4. The highest BCUT2D eigenvalue weighted by atomic mass is 127. The molecule has 2 aromatic rings. The molecule has 3 N–H and O–H groups in total. The summed E-state index contributed by atoms with van der Waals surface area (Å²) in [5.41, 5.74) is 11.4. The van der Waals surface area contributed by atoms with Crippen molar-refractivity contribution in [2.75, 3.05) is 24.7 Å². The Bertz CT molecular complexity index is 820. The minimum atomic E-state index is -0.636. The van der Waals surface area contributed by atoms with Crippen LogP contribution in [0.1, 0.15) is 21.5 Å². The third-order valence-corrected chi connectivity index (χ3v) is 5.08. The number of hydrogen-bond acceptors (Lipinski definition) is 3. The maximum absolute atomic E-state index is 12.1. The normalized spacial score (nSPS) is 13.4. The van der Waals surface area contributed by atoms with Crippen LogP contribution in [0.4, 0.5) is 11.4 Å². The Kier molecular flexibility index (Phi) is 4.00. The zero-order valence-corrected chi connectivity index (χ0v) is 14.5. The number of nitrogen functional groups attached to an aromatic ring is 1. The Hall–Kier alpha value is -2.11. The van der Waals surface area contributed by atoms with Gasteiger partial charge in [-0.3, -0.25) is 8.32 Å². The molecule has 0 saturated carbocycles. The highest BCUT2D eigenvalue weighted by Gasteiger charge is 2.17. The number of nitrogens with two attached hydrogens (primary N) is 1. The lowest BCUT2D eigenvalue weighted by atomic mass is 9.94. The van der Waals surface area contributed by atoms with Gasteiger partial charge in [-0.25, -0.2) is 0 Å². The van der Waals surface area contributed by atoms with Gasteiger partial charge in [0.2, 0.25) is 0 Å². The summed E-state index contributed by atoms with van der Waals surface area (Å²) in [5, 5.41) is 0. The Morgan fingerprint density at radius 1 is 1.14 bits per heavy atom. The monoisotopic (exact) mass is 405 g/mol. The molecule has 1 heterocycles. The smallest absolute Gasteiger partial charge is 0.260 e. The van der Waals surface area contributed by atoms with Gasteiger partial charge in [-0.15, -0.1) is 0 Å². The molecule has 1 aliphatic heterocycles. The molecule has 5 heteroatoms. The standard InChI is InChI=1S/C17H16IN3O/c1-21(2)16-8-7-11(9-15(16)19)14-10-18-20-17(22)13-6-4-3-5-12(13)14/h3-9H,19H2,1-2H3,(H,20,22). The summed E-state index contributed by atoms with van der Waals surface area (Å²) in [6.45, 7) is 0. The van der Waals surface area contributed by atoms with E-state index >= 15 is 0 Å². The molecule has 112 valence electrons. The van der Waals surface area contributed by atoms with Crippen molar-refractivity contribution in [1.29, 1.82) is 0 Å². The molecule has 0 saturated heterocycles. The third kappa shape index (κ3) is 2.65. The van der Waals surface area contributed by atoms with Gasteiger partial charge in [0.1, 0.15) is 0 Å². The van der Waals surface area contributed by atoms with Gasteiger partial charge in [-0.05, 0) is 23.8 Å². The van der Waals surface area contributed by atoms with Crippen LogP contribution in [0.15, 0.2) is 42.5 Å². The maximum atomic E-state index is 12.1. The van der Waals surface area contributed by atoms with Crippen LogP contribution < -0.4 is 14.2 Å². The first-order chi connectivity index (χ1) is 10.6. The largest absolute Gasteiger partial charge is 0.397 e. The van der Waals surface area contributed by atoms with Crippen molar-refractivity contribution < 1.29 is 4.79 Å². The molecule has 0 radical (unpaired) electrons. The van der Waals surface area contributed by atoms with E-state index < -0.39 is 21.0 Å². The Labute approximate surface area is 139 Å². The lowest BCUT2D eigenvalue weighted by Gasteiger charge is -2.16. The molecule has 0 spiro atoms. The van der Waals surface area contributed by atoms with Gasteiger partial charge < -0.3 is 10.6 Å². The summed E-state index contributed by atoms with van der Waals surface area (Å²) in [5.74, 6) is -0.0243. The average Bonchev–Trinajstić information content (AvgIpc) is 2.66. The number of nitrogens with one attached hydrogen (secondary N) is 1. The van der Waals surface area contributed by atoms with Gasteiger partial charge in [0.25, 0.3) is 5.91 Å². The number of anilines is 2.